The van der Waals surface area contributed by atoms with Crippen molar-refractivity contribution in [1.82, 2.24) is 25.1 Å². The van der Waals surface area contributed by atoms with Crippen molar-refractivity contribution in [3.8, 4) is 23.0 Å². The van der Waals surface area contributed by atoms with Gasteiger partial charge in [0.15, 0.2) is 0 Å². The number of nitrogens with one attached hydrogen (secondary N) is 1. The first-order chi connectivity index (χ1) is 10.7. The topological polar surface area (TPSA) is 89.6 Å². The lowest BCUT2D eigenvalue weighted by atomic mass is 10.1. The molecule has 22 heavy (non-hydrogen) atoms. The molecule has 7 nitrogen and oxygen atoms in total. The third-order valence-electron chi connectivity index (χ3n) is 3.20. The predicted molar refractivity (Wildman–Crippen MR) is 82.2 cm³/mol. The number of hydrogen-bond acceptors (Lipinski definition) is 7. The van der Waals surface area contributed by atoms with Gasteiger partial charge in [-0.1, -0.05) is 19.0 Å². The summed E-state index contributed by atoms with van der Waals surface area (Å²) in [7, 11) is 1.79. The van der Waals surface area contributed by atoms with Crippen LogP contribution in [0, 0.1) is 0 Å². The van der Waals surface area contributed by atoms with Crippen molar-refractivity contribution in [1.29, 1.82) is 0 Å². The van der Waals surface area contributed by atoms with Crippen LogP contribution in [-0.4, -0.2) is 32.1 Å². The van der Waals surface area contributed by atoms with Crippen LogP contribution in [0.2, 0.25) is 0 Å². The first kappa shape index (κ1) is 14.1. The molecular formula is C15H16N6O. The van der Waals surface area contributed by atoms with Crippen LogP contribution in [0.4, 0.5) is 5.82 Å². The number of anilines is 1. The molecule has 0 saturated carbocycles. The third-order valence-corrected chi connectivity index (χ3v) is 3.20. The zero-order chi connectivity index (χ0) is 15.5. The standard InChI is InChI=1S/C15H16N6O/c1-9(2)11-5-4-10(7-17-11)15-20-14(21-22-15)12-6-13(16-3)19-8-18-12/h4-9H,1-3H3,(H,16,18,19). The fourth-order valence-corrected chi connectivity index (χ4v) is 1.93. The van der Waals surface area contributed by atoms with Crippen molar-refractivity contribution in [2.24, 2.45) is 0 Å². The van der Waals surface area contributed by atoms with E-state index >= 15 is 0 Å². The van der Waals surface area contributed by atoms with Gasteiger partial charge in [0.05, 0.1) is 5.56 Å². The Kier molecular flexibility index (Phi) is 3.78. The first-order valence-corrected chi connectivity index (χ1v) is 6.97. The lowest BCUT2D eigenvalue weighted by Crippen LogP contribution is -1.95. The fraction of sp³-hybridized carbons (Fsp3) is 0.267. The van der Waals surface area contributed by atoms with E-state index in [9.17, 15) is 0 Å². The molecule has 0 aliphatic carbocycles. The van der Waals surface area contributed by atoms with Crippen molar-refractivity contribution in [3.63, 3.8) is 0 Å². The second-order valence-electron chi connectivity index (χ2n) is 5.09. The van der Waals surface area contributed by atoms with E-state index in [1.165, 1.54) is 6.33 Å². The van der Waals surface area contributed by atoms with Crippen molar-refractivity contribution in [2.75, 3.05) is 12.4 Å². The zero-order valence-corrected chi connectivity index (χ0v) is 12.6. The van der Waals surface area contributed by atoms with Crippen molar-refractivity contribution >= 4 is 5.82 Å². The molecule has 0 fully saturated rings. The summed E-state index contributed by atoms with van der Waals surface area (Å²) in [5.41, 5.74) is 2.41. The highest BCUT2D eigenvalue weighted by Gasteiger charge is 2.13. The van der Waals surface area contributed by atoms with E-state index in [4.69, 9.17) is 4.52 Å². The summed E-state index contributed by atoms with van der Waals surface area (Å²) in [5, 5.41) is 6.91. The predicted octanol–water partition coefficient (Wildman–Crippen LogP) is 2.75. The van der Waals surface area contributed by atoms with E-state index in [-0.39, 0.29) is 0 Å². The minimum absolute atomic E-state index is 0.383. The molecule has 7 heteroatoms. The van der Waals surface area contributed by atoms with Gasteiger partial charge in [0.25, 0.3) is 5.89 Å². The van der Waals surface area contributed by atoms with Crippen LogP contribution in [0.15, 0.2) is 35.2 Å². The summed E-state index contributed by atoms with van der Waals surface area (Å²) in [6.07, 6.45) is 3.20. The molecule has 3 aromatic rings. The monoisotopic (exact) mass is 296 g/mol. The average Bonchev–Trinajstić information content (AvgIpc) is 3.05. The third kappa shape index (κ3) is 2.78. The maximum Gasteiger partial charge on any atom is 0.259 e. The number of pyridine rings is 1. The van der Waals surface area contributed by atoms with Gasteiger partial charge in [-0.2, -0.15) is 4.98 Å². The number of hydrogen-bond donors (Lipinski definition) is 1. The van der Waals surface area contributed by atoms with Gasteiger partial charge < -0.3 is 9.84 Å². The Hall–Kier alpha value is -2.83. The minimum atomic E-state index is 0.383. The molecule has 3 heterocycles. The Balaban J connectivity index is 1.89. The lowest BCUT2D eigenvalue weighted by Gasteiger charge is -2.03. The van der Waals surface area contributed by atoms with Crippen LogP contribution in [0.1, 0.15) is 25.5 Å². The lowest BCUT2D eigenvalue weighted by molar-refractivity contribution is 0.432. The maximum absolute atomic E-state index is 5.30. The maximum atomic E-state index is 5.30. The van der Waals surface area contributed by atoms with Crippen molar-refractivity contribution in [2.45, 2.75) is 19.8 Å². The Morgan fingerprint density at radius 3 is 2.68 bits per heavy atom. The van der Waals surface area contributed by atoms with Gasteiger partial charge in [-0.25, -0.2) is 9.97 Å². The number of nitrogens with zero attached hydrogens (tertiary/aromatic N) is 5. The van der Waals surface area contributed by atoms with E-state index in [0.717, 1.165) is 11.3 Å². The van der Waals surface area contributed by atoms with Crippen molar-refractivity contribution < 1.29 is 4.52 Å². The quantitative estimate of drug-likeness (QED) is 0.791. The zero-order valence-electron chi connectivity index (χ0n) is 12.6. The molecule has 3 aromatic heterocycles. The summed E-state index contributed by atoms with van der Waals surface area (Å²) in [4.78, 5) is 17.0. The highest BCUT2D eigenvalue weighted by atomic mass is 16.5. The molecule has 0 bridgehead atoms. The summed E-state index contributed by atoms with van der Waals surface area (Å²) in [5.74, 6) is 1.91. The van der Waals surface area contributed by atoms with Gasteiger partial charge in [-0.05, 0) is 18.1 Å². The SMILES string of the molecule is CNc1cc(-c2noc(-c3ccc(C(C)C)nc3)n2)ncn1. The molecule has 0 atom stereocenters. The molecule has 1 N–H and O–H groups in total. The van der Waals surface area contributed by atoms with E-state index < -0.39 is 0 Å². The Morgan fingerprint density at radius 1 is 1.14 bits per heavy atom. The van der Waals surface area contributed by atoms with Gasteiger partial charge >= 0.3 is 0 Å². The Morgan fingerprint density at radius 2 is 2.00 bits per heavy atom. The van der Waals surface area contributed by atoms with Gasteiger partial charge in [0.2, 0.25) is 5.82 Å². The second-order valence-corrected chi connectivity index (χ2v) is 5.09. The van der Waals surface area contributed by atoms with Crippen LogP contribution >= 0.6 is 0 Å². The Labute approximate surface area is 127 Å². The van der Waals surface area contributed by atoms with E-state index in [1.54, 1.807) is 19.3 Å². The highest BCUT2D eigenvalue weighted by Crippen LogP contribution is 2.22. The molecule has 0 saturated heterocycles. The summed E-state index contributed by atoms with van der Waals surface area (Å²) >= 11 is 0. The fourth-order valence-electron chi connectivity index (χ4n) is 1.93. The van der Waals surface area contributed by atoms with E-state index in [0.29, 0.717) is 29.1 Å². The molecule has 0 aliphatic heterocycles. The molecular weight excluding hydrogens is 280 g/mol. The largest absolute Gasteiger partial charge is 0.373 e. The van der Waals surface area contributed by atoms with Gasteiger partial charge in [-0.3, -0.25) is 4.98 Å². The van der Waals surface area contributed by atoms with Crippen LogP contribution in [0.3, 0.4) is 0 Å². The Bertz CT molecular complexity index is 766. The average molecular weight is 296 g/mol. The van der Waals surface area contributed by atoms with Gasteiger partial charge in [0.1, 0.15) is 17.8 Å². The molecule has 0 aliphatic rings. The second kappa shape index (κ2) is 5.88. The number of aromatic nitrogens is 5. The normalized spacial score (nSPS) is 10.9. The first-order valence-electron chi connectivity index (χ1n) is 6.97. The molecule has 0 unspecified atom stereocenters. The smallest absolute Gasteiger partial charge is 0.259 e. The summed E-state index contributed by atoms with van der Waals surface area (Å²) < 4.78 is 5.30. The van der Waals surface area contributed by atoms with E-state index in [1.807, 2.05) is 12.1 Å². The molecule has 0 aromatic carbocycles. The molecule has 112 valence electrons. The summed E-state index contributed by atoms with van der Waals surface area (Å²) in [6.45, 7) is 4.20. The molecule has 0 amide bonds. The highest BCUT2D eigenvalue weighted by molar-refractivity contribution is 5.58. The van der Waals surface area contributed by atoms with Crippen LogP contribution in [0.25, 0.3) is 23.0 Å². The number of rotatable bonds is 4. The van der Waals surface area contributed by atoms with Gasteiger partial charge in [-0.15, -0.1) is 0 Å². The van der Waals surface area contributed by atoms with Crippen LogP contribution in [-0.2, 0) is 0 Å². The van der Waals surface area contributed by atoms with Gasteiger partial charge in [0, 0.05) is 25.0 Å². The molecule has 0 spiro atoms. The molecule has 0 radical (unpaired) electrons. The van der Waals surface area contributed by atoms with Crippen molar-refractivity contribution in [3.05, 3.63) is 36.4 Å². The van der Waals surface area contributed by atoms with Crippen LogP contribution in [0.5, 0.6) is 0 Å². The van der Waals surface area contributed by atoms with Crippen LogP contribution < -0.4 is 5.32 Å². The van der Waals surface area contributed by atoms with E-state index in [2.05, 4.69) is 44.3 Å². The summed E-state index contributed by atoms with van der Waals surface area (Å²) in [6, 6.07) is 5.65. The minimum Gasteiger partial charge on any atom is -0.373 e. The molecule has 3 rings (SSSR count).